The highest BCUT2D eigenvalue weighted by molar-refractivity contribution is 9.10. The summed E-state index contributed by atoms with van der Waals surface area (Å²) in [6, 6.07) is 6.68. The van der Waals surface area contributed by atoms with E-state index in [1.54, 1.807) is 24.3 Å². The van der Waals surface area contributed by atoms with Gasteiger partial charge in [0.1, 0.15) is 6.29 Å². The Morgan fingerprint density at radius 1 is 1.05 bits per heavy atom. The van der Waals surface area contributed by atoms with E-state index in [2.05, 4.69) is 20.8 Å². The molecule has 0 bridgehead atoms. The third-order valence-corrected chi connectivity index (χ3v) is 6.74. The molecule has 114 valence electrons. The maximum Gasteiger partial charge on any atom is 0.243 e. The molecule has 1 aliphatic heterocycles. The average molecular weight is 373 g/mol. The average Bonchev–Trinajstić information content (AvgIpc) is 3.29. The summed E-state index contributed by atoms with van der Waals surface area (Å²) in [5.41, 5.74) is -0.298. The molecule has 7 heteroatoms. The smallest absolute Gasteiger partial charge is 0.243 e. The van der Waals surface area contributed by atoms with Crippen LogP contribution in [0, 0.1) is 0 Å². The van der Waals surface area contributed by atoms with Crippen LogP contribution in [-0.2, 0) is 14.8 Å². The fraction of sp³-hybridized carbons (Fsp3) is 0.500. The fourth-order valence-corrected chi connectivity index (χ4v) is 4.45. The first-order chi connectivity index (χ1) is 9.98. The highest BCUT2D eigenvalue weighted by Crippen LogP contribution is 2.40. The van der Waals surface area contributed by atoms with Crippen LogP contribution >= 0.6 is 15.9 Å². The van der Waals surface area contributed by atoms with Gasteiger partial charge in [-0.15, -0.1) is 0 Å². The van der Waals surface area contributed by atoms with Crippen LogP contribution in [0.1, 0.15) is 12.8 Å². The summed E-state index contributed by atoms with van der Waals surface area (Å²) in [6.07, 6.45) is 2.82. The Bertz CT molecular complexity index is 633. The van der Waals surface area contributed by atoms with Crippen LogP contribution in [0.25, 0.3) is 0 Å². The molecular weight excluding hydrogens is 356 g/mol. The molecule has 1 aliphatic carbocycles. The largest absolute Gasteiger partial charge is 0.301 e. The Morgan fingerprint density at radius 2 is 1.62 bits per heavy atom. The predicted octanol–water partition coefficient (Wildman–Crippen LogP) is 1.49. The first kappa shape index (κ1) is 15.1. The van der Waals surface area contributed by atoms with E-state index in [-0.39, 0.29) is 5.54 Å². The second-order valence-electron chi connectivity index (χ2n) is 5.57. The van der Waals surface area contributed by atoms with Crippen molar-refractivity contribution in [2.45, 2.75) is 23.3 Å². The number of carbonyl (C=O) groups excluding carboxylic acids is 1. The molecule has 0 atom stereocenters. The molecule has 1 aromatic carbocycles. The standard InChI is InChI=1S/C14H17BrN2O3S/c15-12-1-3-13(4-2-12)21(19,20)17-9-7-16(8-10-17)14(11-18)5-6-14/h1-4,11H,5-10H2. The minimum atomic E-state index is -3.44. The quantitative estimate of drug-likeness (QED) is 0.751. The zero-order valence-electron chi connectivity index (χ0n) is 11.5. The maximum absolute atomic E-state index is 12.6. The van der Waals surface area contributed by atoms with Gasteiger partial charge in [0.2, 0.25) is 10.0 Å². The molecular formula is C14H17BrN2O3S. The minimum absolute atomic E-state index is 0.298. The Hall–Kier alpha value is -0.760. The predicted molar refractivity (Wildman–Crippen MR) is 82.5 cm³/mol. The number of rotatable bonds is 4. The lowest BCUT2D eigenvalue weighted by atomic mass is 10.2. The zero-order chi connectivity index (χ0) is 15.1. The van der Waals surface area contributed by atoms with Crippen molar-refractivity contribution in [3.8, 4) is 0 Å². The van der Waals surface area contributed by atoms with Crippen molar-refractivity contribution >= 4 is 32.2 Å². The van der Waals surface area contributed by atoms with E-state index in [0.717, 1.165) is 23.6 Å². The van der Waals surface area contributed by atoms with Crippen LogP contribution in [0.4, 0.5) is 0 Å². The van der Waals surface area contributed by atoms with Gasteiger partial charge in [-0.05, 0) is 37.1 Å². The molecule has 1 saturated carbocycles. The van der Waals surface area contributed by atoms with Crippen molar-refractivity contribution in [3.05, 3.63) is 28.7 Å². The van der Waals surface area contributed by atoms with Gasteiger partial charge < -0.3 is 4.79 Å². The van der Waals surface area contributed by atoms with Gasteiger partial charge in [-0.25, -0.2) is 8.42 Å². The van der Waals surface area contributed by atoms with Crippen LogP contribution in [0.15, 0.2) is 33.6 Å². The highest BCUT2D eigenvalue weighted by Gasteiger charge is 2.49. The normalized spacial score (nSPS) is 22.9. The number of benzene rings is 1. The second-order valence-corrected chi connectivity index (χ2v) is 8.42. The van der Waals surface area contributed by atoms with Crippen molar-refractivity contribution in [1.29, 1.82) is 0 Å². The fourth-order valence-electron chi connectivity index (χ4n) is 2.77. The van der Waals surface area contributed by atoms with Crippen molar-refractivity contribution in [3.63, 3.8) is 0 Å². The van der Waals surface area contributed by atoms with E-state index >= 15 is 0 Å². The van der Waals surface area contributed by atoms with Gasteiger partial charge in [0.15, 0.2) is 0 Å². The van der Waals surface area contributed by atoms with Gasteiger partial charge in [-0.1, -0.05) is 15.9 Å². The van der Waals surface area contributed by atoms with Crippen molar-refractivity contribution < 1.29 is 13.2 Å². The molecule has 2 fully saturated rings. The molecule has 1 heterocycles. The van der Waals surface area contributed by atoms with Crippen LogP contribution in [0.5, 0.6) is 0 Å². The van der Waals surface area contributed by atoms with Crippen LogP contribution in [0.3, 0.4) is 0 Å². The van der Waals surface area contributed by atoms with E-state index in [9.17, 15) is 13.2 Å². The van der Waals surface area contributed by atoms with Crippen molar-refractivity contribution in [2.75, 3.05) is 26.2 Å². The SMILES string of the molecule is O=CC1(N2CCN(S(=O)(=O)c3ccc(Br)cc3)CC2)CC1. The number of carbonyl (C=O) groups is 1. The van der Waals surface area contributed by atoms with Gasteiger partial charge >= 0.3 is 0 Å². The summed E-state index contributed by atoms with van der Waals surface area (Å²) in [5, 5.41) is 0. The molecule has 0 aromatic heterocycles. The van der Waals surface area contributed by atoms with Crippen LogP contribution < -0.4 is 0 Å². The molecule has 1 saturated heterocycles. The number of sulfonamides is 1. The lowest BCUT2D eigenvalue weighted by molar-refractivity contribution is -0.114. The molecule has 1 aromatic rings. The maximum atomic E-state index is 12.6. The summed E-state index contributed by atoms with van der Waals surface area (Å²) < 4.78 is 27.5. The minimum Gasteiger partial charge on any atom is -0.301 e. The summed E-state index contributed by atoms with van der Waals surface area (Å²) >= 11 is 3.30. The number of hydrogen-bond acceptors (Lipinski definition) is 4. The van der Waals surface area contributed by atoms with Gasteiger partial charge in [0.05, 0.1) is 10.4 Å². The van der Waals surface area contributed by atoms with Crippen molar-refractivity contribution in [2.24, 2.45) is 0 Å². The van der Waals surface area contributed by atoms with E-state index in [1.807, 2.05) is 0 Å². The first-order valence-electron chi connectivity index (χ1n) is 6.95. The molecule has 0 unspecified atom stereocenters. The van der Waals surface area contributed by atoms with Crippen molar-refractivity contribution in [1.82, 2.24) is 9.21 Å². The summed E-state index contributed by atoms with van der Waals surface area (Å²) in [5.74, 6) is 0. The number of aldehydes is 1. The number of piperazine rings is 1. The number of halogens is 1. The Morgan fingerprint density at radius 3 is 2.10 bits per heavy atom. The molecule has 2 aliphatic rings. The summed E-state index contributed by atoms with van der Waals surface area (Å²) in [7, 11) is -3.44. The van der Waals surface area contributed by atoms with E-state index in [0.29, 0.717) is 31.1 Å². The molecule has 21 heavy (non-hydrogen) atoms. The zero-order valence-corrected chi connectivity index (χ0v) is 13.9. The Labute approximate surface area is 133 Å². The number of nitrogens with zero attached hydrogens (tertiary/aromatic N) is 2. The Kier molecular flexibility index (Phi) is 3.94. The molecule has 0 amide bonds. The third-order valence-electron chi connectivity index (χ3n) is 4.30. The van der Waals surface area contributed by atoms with Crippen LogP contribution in [-0.4, -0.2) is 55.6 Å². The number of hydrogen-bond donors (Lipinski definition) is 0. The summed E-state index contributed by atoms with van der Waals surface area (Å²) in [4.78, 5) is 13.6. The Balaban J connectivity index is 1.71. The first-order valence-corrected chi connectivity index (χ1v) is 9.18. The monoisotopic (exact) mass is 372 g/mol. The molecule has 0 N–H and O–H groups in total. The molecule has 0 radical (unpaired) electrons. The highest BCUT2D eigenvalue weighted by atomic mass is 79.9. The topological polar surface area (TPSA) is 57.7 Å². The second kappa shape index (κ2) is 5.46. The lowest BCUT2D eigenvalue weighted by Crippen LogP contribution is -2.53. The molecule has 3 rings (SSSR count). The molecule has 5 nitrogen and oxygen atoms in total. The molecule has 0 spiro atoms. The van der Waals surface area contributed by atoms with E-state index < -0.39 is 10.0 Å². The van der Waals surface area contributed by atoms with E-state index in [1.165, 1.54) is 4.31 Å². The third kappa shape index (κ3) is 2.79. The van der Waals surface area contributed by atoms with Gasteiger partial charge in [-0.3, -0.25) is 4.90 Å². The van der Waals surface area contributed by atoms with Gasteiger partial charge in [0, 0.05) is 30.7 Å². The van der Waals surface area contributed by atoms with Gasteiger partial charge in [0.25, 0.3) is 0 Å². The lowest BCUT2D eigenvalue weighted by Gasteiger charge is -2.37. The van der Waals surface area contributed by atoms with Gasteiger partial charge in [-0.2, -0.15) is 4.31 Å². The van der Waals surface area contributed by atoms with E-state index in [4.69, 9.17) is 0 Å². The van der Waals surface area contributed by atoms with Crippen LogP contribution in [0.2, 0.25) is 0 Å². The summed E-state index contributed by atoms with van der Waals surface area (Å²) in [6.45, 7) is 2.12.